The fourth-order valence-corrected chi connectivity index (χ4v) is 4.66. The molecule has 1 aliphatic rings. The molecule has 0 unspecified atom stereocenters. The summed E-state index contributed by atoms with van der Waals surface area (Å²) >= 11 is 0. The zero-order chi connectivity index (χ0) is 21.3. The summed E-state index contributed by atoms with van der Waals surface area (Å²) in [6.45, 7) is 14.9. The number of hydrogen-bond donors (Lipinski definition) is 0. The fourth-order valence-electron chi connectivity index (χ4n) is 4.66. The molecule has 0 radical (unpaired) electrons. The van der Waals surface area contributed by atoms with E-state index in [9.17, 15) is 4.39 Å². The first-order chi connectivity index (χ1) is 13.6. The molecule has 2 atom stereocenters. The van der Waals surface area contributed by atoms with Gasteiger partial charge in [0.1, 0.15) is 5.67 Å². The van der Waals surface area contributed by atoms with Crippen molar-refractivity contribution in [3.63, 3.8) is 0 Å². The molecule has 1 heterocycles. The van der Waals surface area contributed by atoms with Gasteiger partial charge in [0.25, 0.3) is 0 Å². The molecule has 2 aromatic carbocycles. The van der Waals surface area contributed by atoms with Crippen LogP contribution in [-0.2, 0) is 0 Å². The van der Waals surface area contributed by atoms with E-state index in [1.54, 1.807) is 13.8 Å². The average molecular weight is 394 g/mol. The van der Waals surface area contributed by atoms with E-state index in [4.69, 9.17) is 0 Å². The van der Waals surface area contributed by atoms with Crippen LogP contribution in [0.1, 0.15) is 82.2 Å². The number of rotatable bonds is 5. The Morgan fingerprint density at radius 1 is 1.03 bits per heavy atom. The van der Waals surface area contributed by atoms with Gasteiger partial charge in [-0.3, -0.25) is 4.90 Å². The molecular weight excluding hydrogens is 357 g/mol. The SMILES string of the molecule is CC1=C(c2ccccc2C)C[C@@H](C)N(CC(C)(C)F)[C@@H]1c1ccc(C(C)C)cc1. The molecule has 0 saturated carbocycles. The lowest BCUT2D eigenvalue weighted by Crippen LogP contribution is -2.46. The van der Waals surface area contributed by atoms with E-state index in [2.05, 4.69) is 88.0 Å². The van der Waals surface area contributed by atoms with Crippen LogP contribution in [0.4, 0.5) is 4.39 Å². The molecule has 0 N–H and O–H groups in total. The molecule has 0 saturated heterocycles. The number of alkyl halides is 1. The van der Waals surface area contributed by atoms with Gasteiger partial charge in [-0.15, -0.1) is 0 Å². The summed E-state index contributed by atoms with van der Waals surface area (Å²) in [6, 6.07) is 18.0. The second-order valence-electron chi connectivity index (χ2n) is 9.64. The Balaban J connectivity index is 2.12. The van der Waals surface area contributed by atoms with Crippen molar-refractivity contribution >= 4 is 5.57 Å². The van der Waals surface area contributed by atoms with E-state index < -0.39 is 5.67 Å². The van der Waals surface area contributed by atoms with Crippen LogP contribution in [0.15, 0.2) is 54.1 Å². The van der Waals surface area contributed by atoms with Crippen LogP contribution in [0.25, 0.3) is 5.57 Å². The summed E-state index contributed by atoms with van der Waals surface area (Å²) in [6.07, 6.45) is 0.952. The number of aryl methyl sites for hydroxylation is 1. The molecule has 1 aliphatic heterocycles. The van der Waals surface area contributed by atoms with Crippen LogP contribution in [0.3, 0.4) is 0 Å². The maximum atomic E-state index is 14.8. The zero-order valence-corrected chi connectivity index (χ0v) is 19.1. The van der Waals surface area contributed by atoms with Crippen molar-refractivity contribution in [2.75, 3.05) is 6.54 Å². The van der Waals surface area contributed by atoms with Gasteiger partial charge in [-0.1, -0.05) is 62.4 Å². The van der Waals surface area contributed by atoms with E-state index in [0.29, 0.717) is 12.5 Å². The minimum Gasteiger partial charge on any atom is -0.286 e. The Bertz CT molecular complexity index is 870. The molecule has 0 amide bonds. The smallest absolute Gasteiger partial charge is 0.118 e. The quantitative estimate of drug-likeness (QED) is 0.509. The van der Waals surface area contributed by atoms with Crippen LogP contribution in [0.2, 0.25) is 0 Å². The maximum Gasteiger partial charge on any atom is 0.118 e. The van der Waals surface area contributed by atoms with Gasteiger partial charge in [-0.2, -0.15) is 0 Å². The van der Waals surface area contributed by atoms with E-state index in [-0.39, 0.29) is 12.1 Å². The van der Waals surface area contributed by atoms with Gasteiger partial charge in [-0.25, -0.2) is 4.39 Å². The van der Waals surface area contributed by atoms with Gasteiger partial charge < -0.3 is 0 Å². The predicted molar refractivity (Wildman–Crippen MR) is 123 cm³/mol. The summed E-state index contributed by atoms with van der Waals surface area (Å²) in [5.41, 5.74) is 6.78. The molecule has 156 valence electrons. The molecule has 0 aromatic heterocycles. The van der Waals surface area contributed by atoms with E-state index in [0.717, 1.165) is 6.42 Å². The Kier molecular flexibility index (Phi) is 6.33. The third kappa shape index (κ3) is 4.80. The molecule has 29 heavy (non-hydrogen) atoms. The minimum atomic E-state index is -1.23. The lowest BCUT2D eigenvalue weighted by molar-refractivity contribution is 0.0705. The van der Waals surface area contributed by atoms with Gasteiger partial charge in [-0.05, 0) is 80.4 Å². The molecule has 0 aliphatic carbocycles. The second-order valence-corrected chi connectivity index (χ2v) is 9.64. The first kappa shape index (κ1) is 21.8. The van der Waals surface area contributed by atoms with E-state index in [1.807, 2.05) is 0 Å². The highest BCUT2D eigenvalue weighted by molar-refractivity contribution is 5.73. The topological polar surface area (TPSA) is 3.24 Å². The Labute approximate surface area is 176 Å². The standard InChI is InChI=1S/C27H36FN/c1-18(2)22-12-14-23(15-13-22)26-21(5)25(24-11-9-8-10-19(24)3)16-20(4)29(26)17-27(6,7)28/h8-15,18,20,26H,16-17H2,1-7H3/t20-,26+/m1/s1. The monoisotopic (exact) mass is 393 g/mol. The summed E-state index contributed by atoms with van der Waals surface area (Å²) in [7, 11) is 0. The fraction of sp³-hybridized carbons (Fsp3) is 0.481. The first-order valence-electron chi connectivity index (χ1n) is 10.9. The predicted octanol–water partition coefficient (Wildman–Crippen LogP) is 7.48. The first-order valence-corrected chi connectivity index (χ1v) is 10.9. The summed E-state index contributed by atoms with van der Waals surface area (Å²) in [4.78, 5) is 2.36. The van der Waals surface area contributed by atoms with Crippen LogP contribution >= 0.6 is 0 Å². The lowest BCUT2D eigenvalue weighted by atomic mass is 9.81. The number of halogens is 1. The van der Waals surface area contributed by atoms with Gasteiger partial charge in [0.2, 0.25) is 0 Å². The highest BCUT2D eigenvalue weighted by atomic mass is 19.1. The Hall–Kier alpha value is -1.93. The summed E-state index contributed by atoms with van der Waals surface area (Å²) < 4.78 is 14.8. The molecule has 2 aromatic rings. The van der Waals surface area contributed by atoms with Crippen molar-refractivity contribution in [2.45, 2.75) is 78.6 Å². The molecular formula is C27H36FN. The molecule has 0 spiro atoms. The van der Waals surface area contributed by atoms with Crippen LogP contribution in [-0.4, -0.2) is 23.2 Å². The maximum absolute atomic E-state index is 14.8. The van der Waals surface area contributed by atoms with Gasteiger partial charge >= 0.3 is 0 Å². The van der Waals surface area contributed by atoms with E-state index >= 15 is 0 Å². The highest BCUT2D eigenvalue weighted by Crippen LogP contribution is 2.43. The van der Waals surface area contributed by atoms with E-state index in [1.165, 1.54) is 33.4 Å². The second kappa shape index (κ2) is 8.44. The molecule has 0 bridgehead atoms. The zero-order valence-electron chi connectivity index (χ0n) is 19.1. The third-order valence-electron chi connectivity index (χ3n) is 6.23. The van der Waals surface area contributed by atoms with Crippen LogP contribution in [0.5, 0.6) is 0 Å². The van der Waals surface area contributed by atoms with Crippen molar-refractivity contribution in [2.24, 2.45) is 0 Å². The molecule has 0 fully saturated rings. The number of nitrogens with zero attached hydrogens (tertiary/aromatic N) is 1. The van der Waals surface area contributed by atoms with Crippen molar-refractivity contribution in [1.82, 2.24) is 4.90 Å². The normalized spacial score (nSPS) is 21.1. The largest absolute Gasteiger partial charge is 0.286 e. The van der Waals surface area contributed by atoms with Crippen molar-refractivity contribution in [3.05, 3.63) is 76.4 Å². The van der Waals surface area contributed by atoms with Gasteiger partial charge in [0.05, 0.1) is 6.04 Å². The molecule has 1 nitrogen and oxygen atoms in total. The molecule has 3 rings (SSSR count). The number of hydrogen-bond acceptors (Lipinski definition) is 1. The van der Waals surface area contributed by atoms with Crippen LogP contribution in [0, 0.1) is 6.92 Å². The number of benzene rings is 2. The Morgan fingerprint density at radius 2 is 1.66 bits per heavy atom. The van der Waals surface area contributed by atoms with Crippen LogP contribution < -0.4 is 0 Å². The van der Waals surface area contributed by atoms with Gasteiger partial charge in [0, 0.05) is 12.6 Å². The summed E-state index contributed by atoms with van der Waals surface area (Å²) in [5.74, 6) is 0.509. The third-order valence-corrected chi connectivity index (χ3v) is 6.23. The van der Waals surface area contributed by atoms with Gasteiger partial charge in [0.15, 0.2) is 0 Å². The molecule has 2 heteroatoms. The summed E-state index contributed by atoms with van der Waals surface area (Å²) in [5, 5.41) is 0. The lowest BCUT2D eigenvalue weighted by Gasteiger charge is -2.45. The average Bonchev–Trinajstić information content (AvgIpc) is 2.64. The minimum absolute atomic E-state index is 0.101. The Morgan fingerprint density at radius 3 is 2.21 bits per heavy atom. The van der Waals surface area contributed by atoms with Crippen molar-refractivity contribution < 1.29 is 4.39 Å². The van der Waals surface area contributed by atoms with Crippen molar-refractivity contribution in [1.29, 1.82) is 0 Å². The highest BCUT2D eigenvalue weighted by Gasteiger charge is 2.36. The van der Waals surface area contributed by atoms with Crippen molar-refractivity contribution in [3.8, 4) is 0 Å².